The number of nitrogens with zero attached hydrogens (tertiary/aromatic N) is 4. The van der Waals surface area contributed by atoms with Crippen molar-refractivity contribution in [1.29, 1.82) is 0 Å². The molecule has 17 N–H and O–H groups in total. The Morgan fingerprint density at radius 3 is 1.62 bits per heavy atom. The minimum absolute atomic E-state index is 0.0330. The standard InChI is InChI=1S/C65H92N14O17S2/c1-40(81)51(37-80)72-64(95)53-39-98-97-38-52(73-60(91)48(29-42-13-5-3-6-14-42)68-54(83)33-76-21-23-77(34-55(84)85)25-27-79(36-57(88)89)28-26-78(24-22-76)35-56(86)87)63(94)70-49(30-43-15-7-4-8-16-43)61(92)71-50(31-44-32-67-46-18-10-9-17-45(44)46)62(93)69-47(19-11-12-20-66)59(90)75-58(41(2)82)65(96)74-53/h3-10,13-18,32,40-41,47-53,58,67,80-82H,11-12,19-31,33-39,66H2,1-2H3,(H,68,83)(H,69,93)(H,70,94)(H,71,92)(H,72,95)(H,73,91)(H,74,96)(H,75,90)(H,84,85)(H,86,87)(H,88,89)/t40-,41-,47?,48-,49+,50-,51-,52?,53+,58+/m1/s1. The number of aliphatic carboxylic acids is 3. The lowest BCUT2D eigenvalue weighted by molar-refractivity contribution is -0.140. The third-order valence-electron chi connectivity index (χ3n) is 16.5. The van der Waals surface area contributed by atoms with Crippen LogP contribution in [-0.4, -0.2) is 284 Å². The lowest BCUT2D eigenvalue weighted by Gasteiger charge is -2.33. The Morgan fingerprint density at radius 1 is 0.582 bits per heavy atom. The summed E-state index contributed by atoms with van der Waals surface area (Å²) in [6.45, 7) is 1.25. The highest BCUT2D eigenvalue weighted by molar-refractivity contribution is 8.76. The number of fused-ring (bicyclic) bond motifs is 1. The van der Waals surface area contributed by atoms with Crippen LogP contribution in [0.2, 0.25) is 0 Å². The lowest BCUT2D eigenvalue weighted by Crippen LogP contribution is -2.62. The third-order valence-corrected chi connectivity index (χ3v) is 18.9. The van der Waals surface area contributed by atoms with Gasteiger partial charge < -0.3 is 83.9 Å². The summed E-state index contributed by atoms with van der Waals surface area (Å²) in [7, 11) is 1.86. The van der Waals surface area contributed by atoms with Crippen molar-refractivity contribution in [2.45, 2.75) is 113 Å². The molecule has 0 aliphatic carbocycles. The Hall–Kier alpha value is -8.25. The average Bonchev–Trinajstić information content (AvgIpc) is 1.66. The van der Waals surface area contributed by atoms with Gasteiger partial charge in [-0.3, -0.25) is 72.3 Å². The van der Waals surface area contributed by atoms with Crippen LogP contribution in [-0.2, 0) is 72.0 Å². The van der Waals surface area contributed by atoms with Gasteiger partial charge in [-0.1, -0.05) is 100 Å². The fraction of sp³-hybridized carbons (Fsp3) is 0.523. The Balaban J connectivity index is 1.39. The van der Waals surface area contributed by atoms with Gasteiger partial charge in [-0.15, -0.1) is 0 Å². The van der Waals surface area contributed by atoms with E-state index in [1.54, 1.807) is 98.6 Å². The predicted octanol–water partition coefficient (Wildman–Crippen LogP) is -3.17. The van der Waals surface area contributed by atoms with E-state index >= 15 is 14.4 Å². The second-order valence-electron chi connectivity index (χ2n) is 24.3. The lowest BCUT2D eigenvalue weighted by atomic mass is 10.0. The fourth-order valence-corrected chi connectivity index (χ4v) is 13.4. The molecule has 2 unspecified atom stereocenters. The molecular formula is C65H92N14O17S2. The maximum atomic E-state index is 15.3. The van der Waals surface area contributed by atoms with Crippen LogP contribution in [0.3, 0.4) is 0 Å². The summed E-state index contributed by atoms with van der Waals surface area (Å²) in [6, 6.07) is 12.5. The molecule has 1 aromatic heterocycles. The van der Waals surface area contributed by atoms with Gasteiger partial charge in [0, 0.05) is 100 Å². The monoisotopic (exact) mass is 1400 g/mol. The highest BCUT2D eigenvalue weighted by Crippen LogP contribution is 2.25. The van der Waals surface area contributed by atoms with Crippen LogP contribution in [0.5, 0.6) is 0 Å². The van der Waals surface area contributed by atoms with Crippen LogP contribution in [0.15, 0.2) is 91.1 Å². The van der Waals surface area contributed by atoms with E-state index in [-0.39, 0.29) is 103 Å². The molecule has 8 amide bonds. The first-order chi connectivity index (χ1) is 46.9. The third kappa shape index (κ3) is 26.5. The smallest absolute Gasteiger partial charge is 0.317 e. The zero-order chi connectivity index (χ0) is 71.3. The minimum atomic E-state index is -1.76. The first kappa shape index (κ1) is 78.7. The van der Waals surface area contributed by atoms with Crippen LogP contribution in [0.4, 0.5) is 0 Å². The zero-order valence-electron chi connectivity index (χ0n) is 54.8. The van der Waals surface area contributed by atoms with E-state index < -0.39 is 152 Å². The number of carboxylic acids is 3. The molecule has 0 spiro atoms. The van der Waals surface area contributed by atoms with Crippen molar-refractivity contribution in [3.05, 3.63) is 108 Å². The van der Waals surface area contributed by atoms with Crippen molar-refractivity contribution in [3.63, 3.8) is 0 Å². The van der Waals surface area contributed by atoms with Gasteiger partial charge in [0.15, 0.2) is 0 Å². The van der Waals surface area contributed by atoms with Gasteiger partial charge >= 0.3 is 17.9 Å². The molecule has 2 saturated heterocycles. The van der Waals surface area contributed by atoms with Crippen LogP contribution < -0.4 is 48.3 Å². The molecule has 31 nitrogen and oxygen atoms in total. The number of nitrogens with two attached hydrogens (primary N) is 1. The molecule has 2 fully saturated rings. The van der Waals surface area contributed by atoms with E-state index in [0.29, 0.717) is 40.4 Å². The maximum Gasteiger partial charge on any atom is 0.317 e. The largest absolute Gasteiger partial charge is 0.480 e. The normalized spacial score (nSPS) is 22.1. The number of carboxylic acid groups (broad SMARTS) is 3. The number of aliphatic hydroxyl groups excluding tert-OH is 3. The number of aliphatic hydroxyl groups is 3. The SMILES string of the molecule is C[C@@H](O)[C@@H]1NC(=O)C(CCCCN)NC(=O)[C@@H](Cc2c[nH]c3ccccc23)NC(=O)[C@H](Cc2ccccc2)NC(=O)C(NC(=O)[C@@H](Cc2ccccc2)NC(=O)CN2CCN(CC(=O)O)CCN(CC(=O)O)CCN(CC(=O)O)CC2)CSSC[C@@H](C(=O)N[C@H](CO)[C@@H](C)O)NC1=O. The molecule has 3 heterocycles. The van der Waals surface area contributed by atoms with Gasteiger partial charge in [0.05, 0.1) is 51.0 Å². The Labute approximate surface area is 575 Å². The van der Waals surface area contributed by atoms with Gasteiger partial charge in [-0.2, -0.15) is 0 Å². The molecule has 4 aromatic rings. The van der Waals surface area contributed by atoms with E-state index in [0.717, 1.165) is 21.6 Å². The molecule has 536 valence electrons. The Morgan fingerprint density at radius 2 is 1.08 bits per heavy atom. The summed E-state index contributed by atoms with van der Waals surface area (Å²) < 4.78 is 0. The molecule has 6 rings (SSSR count). The van der Waals surface area contributed by atoms with Crippen molar-refractivity contribution >= 4 is 97.7 Å². The summed E-state index contributed by atoms with van der Waals surface area (Å²) in [5, 5.41) is 83.1. The Kier molecular flexibility index (Phi) is 32.6. The zero-order valence-corrected chi connectivity index (χ0v) is 56.5. The maximum absolute atomic E-state index is 15.3. The van der Waals surface area contributed by atoms with Crippen LogP contribution in [0, 0.1) is 0 Å². The van der Waals surface area contributed by atoms with E-state index in [2.05, 4.69) is 47.5 Å². The van der Waals surface area contributed by atoms with Crippen LogP contribution in [0.1, 0.15) is 49.8 Å². The number of para-hydroxylation sites is 1. The first-order valence-electron chi connectivity index (χ1n) is 32.4. The van der Waals surface area contributed by atoms with E-state index in [4.69, 9.17) is 5.73 Å². The molecular weight excluding hydrogens is 1310 g/mol. The molecule has 2 aliphatic heterocycles. The average molecular weight is 1410 g/mol. The van der Waals surface area contributed by atoms with E-state index in [9.17, 15) is 69.0 Å². The fourth-order valence-electron chi connectivity index (χ4n) is 11.0. The molecule has 98 heavy (non-hydrogen) atoms. The number of carbonyl (C=O) groups excluding carboxylic acids is 8. The van der Waals surface area contributed by atoms with Crippen molar-refractivity contribution in [2.75, 3.05) is 103 Å². The molecule has 2 aliphatic rings. The number of nitrogens with one attached hydrogen (secondary N) is 9. The van der Waals surface area contributed by atoms with Crippen molar-refractivity contribution in [1.82, 2.24) is 67.1 Å². The second-order valence-corrected chi connectivity index (χ2v) is 26.8. The number of hydrogen-bond donors (Lipinski definition) is 16. The summed E-state index contributed by atoms with van der Waals surface area (Å²) in [4.78, 5) is 163. The summed E-state index contributed by atoms with van der Waals surface area (Å²) in [5.74, 6) is -11.2. The van der Waals surface area contributed by atoms with Crippen LogP contribution >= 0.6 is 21.6 Å². The first-order valence-corrected chi connectivity index (χ1v) is 34.9. The van der Waals surface area contributed by atoms with E-state index in [1.807, 2.05) is 12.1 Å². The highest BCUT2D eigenvalue weighted by atomic mass is 33.1. The van der Waals surface area contributed by atoms with Gasteiger partial charge in [0.1, 0.15) is 42.3 Å². The molecule has 3 aromatic carbocycles. The van der Waals surface area contributed by atoms with Gasteiger partial charge in [0.25, 0.3) is 0 Å². The van der Waals surface area contributed by atoms with Gasteiger partial charge in [-0.25, -0.2) is 0 Å². The predicted molar refractivity (Wildman–Crippen MR) is 365 cm³/mol. The summed E-state index contributed by atoms with van der Waals surface area (Å²) in [6.07, 6.45) is -1.04. The molecule has 10 atom stereocenters. The van der Waals surface area contributed by atoms with Gasteiger partial charge in [-0.05, 0) is 62.4 Å². The number of hydrogen-bond acceptors (Lipinski definition) is 21. The quantitative estimate of drug-likeness (QED) is 0.0218. The molecule has 0 bridgehead atoms. The summed E-state index contributed by atoms with van der Waals surface area (Å²) >= 11 is 0. The van der Waals surface area contributed by atoms with Crippen molar-refractivity contribution < 1.29 is 83.4 Å². The van der Waals surface area contributed by atoms with Crippen molar-refractivity contribution in [3.8, 4) is 0 Å². The van der Waals surface area contributed by atoms with Crippen LogP contribution in [0.25, 0.3) is 10.9 Å². The number of H-pyrrole nitrogens is 1. The van der Waals surface area contributed by atoms with Crippen molar-refractivity contribution in [2.24, 2.45) is 5.73 Å². The number of aromatic amines is 1. The number of aromatic nitrogens is 1. The number of amides is 8. The number of unbranched alkanes of at least 4 members (excludes halogenated alkanes) is 1. The van der Waals surface area contributed by atoms with E-state index in [1.165, 1.54) is 13.8 Å². The number of benzene rings is 3. The molecule has 0 saturated carbocycles. The minimum Gasteiger partial charge on any atom is -0.480 e. The van der Waals surface area contributed by atoms with Gasteiger partial charge in [0.2, 0.25) is 47.3 Å². The number of carbonyl (C=O) groups is 11. The summed E-state index contributed by atoms with van der Waals surface area (Å²) in [5.41, 5.74) is 8.27. The highest BCUT2D eigenvalue weighted by Gasteiger charge is 2.37. The number of rotatable bonds is 26. The Bertz CT molecular complexity index is 3270. The topological polar surface area (TPSA) is 460 Å². The second kappa shape index (κ2) is 40.6. The molecule has 33 heteroatoms. The molecule has 0 radical (unpaired) electrons.